The lowest BCUT2D eigenvalue weighted by molar-refractivity contribution is -0.120. The average Bonchev–Trinajstić information content (AvgIpc) is 3.23. The molecule has 0 radical (unpaired) electrons. The van der Waals surface area contributed by atoms with Gasteiger partial charge in [-0.25, -0.2) is 18.6 Å². The predicted molar refractivity (Wildman–Crippen MR) is 127 cm³/mol. The lowest BCUT2D eigenvalue weighted by Crippen LogP contribution is -2.45. The molecule has 1 saturated heterocycles. The molecule has 0 spiro atoms. The van der Waals surface area contributed by atoms with Crippen LogP contribution in [0.25, 0.3) is 0 Å². The van der Waals surface area contributed by atoms with Gasteiger partial charge in [0.1, 0.15) is 24.3 Å². The maximum absolute atomic E-state index is 14.0. The molecule has 3 aliphatic rings. The molecule has 196 valence electrons. The maximum Gasteiger partial charge on any atom is 0.162 e. The molecule has 3 fully saturated rings. The van der Waals surface area contributed by atoms with E-state index in [2.05, 4.69) is 21.5 Å². The topological polar surface area (TPSA) is 74.4 Å². The quantitative estimate of drug-likeness (QED) is 0.193. The minimum Gasteiger partial charge on any atom is -0.379 e. The second kappa shape index (κ2) is 13.3. The van der Waals surface area contributed by atoms with Gasteiger partial charge in [-0.05, 0) is 71.1 Å². The number of alkyl halides is 4. The highest BCUT2D eigenvalue weighted by atomic mass is 35.5. The van der Waals surface area contributed by atoms with Crippen molar-refractivity contribution in [3.63, 3.8) is 0 Å². The van der Waals surface area contributed by atoms with Crippen LogP contribution >= 0.6 is 11.6 Å². The van der Waals surface area contributed by atoms with Crippen molar-refractivity contribution in [3.05, 3.63) is 11.9 Å². The van der Waals surface area contributed by atoms with Crippen LogP contribution in [0, 0.1) is 11.8 Å². The Balaban J connectivity index is 1.57. The van der Waals surface area contributed by atoms with Gasteiger partial charge < -0.3 is 15.4 Å². The molecule has 8 atom stereocenters. The van der Waals surface area contributed by atoms with Gasteiger partial charge in [0, 0.05) is 36.6 Å². The zero-order valence-electron chi connectivity index (χ0n) is 20.2. The number of hydrogen-bond donors (Lipinski definition) is 4. The summed E-state index contributed by atoms with van der Waals surface area (Å²) in [5.74, 6) is -0.0488. The average molecular weight is 509 g/mol. The van der Waals surface area contributed by atoms with E-state index < -0.39 is 24.4 Å². The number of nitrogens with one attached hydrogen (secondary N) is 4. The summed E-state index contributed by atoms with van der Waals surface area (Å²) in [6.07, 6.45) is 0.963. The molecule has 3 rings (SSSR count). The molecule has 0 aromatic rings. The normalized spacial score (nSPS) is 37.1. The Hall–Kier alpha value is -1.03. The van der Waals surface area contributed by atoms with Gasteiger partial charge in [-0.2, -0.15) is 0 Å². The van der Waals surface area contributed by atoms with Gasteiger partial charge >= 0.3 is 0 Å². The van der Waals surface area contributed by atoms with Gasteiger partial charge in [0.2, 0.25) is 0 Å². The first kappa shape index (κ1) is 27.6. The Morgan fingerprint density at radius 1 is 1.09 bits per heavy atom. The molecule has 10 heteroatoms. The number of halogens is 4. The maximum atomic E-state index is 14.0. The number of hydrazine groups is 1. The zero-order chi connectivity index (χ0) is 24.7. The van der Waals surface area contributed by atoms with Gasteiger partial charge in [-0.1, -0.05) is 0 Å². The number of rotatable bonds is 11. The number of carbonyl (C=O) groups is 1. The molecule has 0 bridgehead atoms. The number of carbonyl (C=O) groups excluding carboxylic acids is 1. The Bertz CT molecular complexity index is 677. The molecule has 6 nitrogen and oxygen atoms in total. The third-order valence-electron chi connectivity index (χ3n) is 6.93. The Labute approximate surface area is 206 Å². The van der Waals surface area contributed by atoms with Crippen molar-refractivity contribution in [1.82, 2.24) is 21.5 Å². The largest absolute Gasteiger partial charge is 0.379 e. The first-order chi connectivity index (χ1) is 16.2. The molecule has 0 aromatic heterocycles. The van der Waals surface area contributed by atoms with Crippen molar-refractivity contribution in [2.45, 2.75) is 107 Å². The standard InChI is InChI=1S/C24H40ClF3N4O2/c1-14(2)34-7-3-6-29-23(13-22(33)15-4-5-19(27)20(28)10-15)30-24-12-21(31-32-24)16-8-17(25)11-18(26)9-16/h13-21,24,29-32H,3-12H2,1-2H3/b23-13-. The van der Waals surface area contributed by atoms with Crippen LogP contribution < -0.4 is 21.5 Å². The van der Waals surface area contributed by atoms with Gasteiger partial charge in [-0.15, -0.1) is 11.6 Å². The Morgan fingerprint density at radius 3 is 2.59 bits per heavy atom. The van der Waals surface area contributed by atoms with Crippen LogP contribution in [-0.4, -0.2) is 61.1 Å². The molecular weight excluding hydrogens is 469 g/mol. The molecule has 8 unspecified atom stereocenters. The van der Waals surface area contributed by atoms with E-state index in [9.17, 15) is 18.0 Å². The van der Waals surface area contributed by atoms with E-state index in [4.69, 9.17) is 16.3 Å². The van der Waals surface area contributed by atoms with Gasteiger partial charge in [-0.3, -0.25) is 10.2 Å². The van der Waals surface area contributed by atoms with Gasteiger partial charge in [0.05, 0.1) is 12.3 Å². The van der Waals surface area contributed by atoms with Crippen molar-refractivity contribution < 1.29 is 22.7 Å². The minimum absolute atomic E-state index is 0.0702. The summed E-state index contributed by atoms with van der Waals surface area (Å²) >= 11 is 6.24. The zero-order valence-corrected chi connectivity index (χ0v) is 20.9. The van der Waals surface area contributed by atoms with E-state index in [1.807, 2.05) is 13.8 Å². The second-order valence-corrected chi connectivity index (χ2v) is 10.8. The summed E-state index contributed by atoms with van der Waals surface area (Å²) < 4.78 is 46.9. The van der Waals surface area contributed by atoms with Crippen molar-refractivity contribution in [2.75, 3.05) is 13.2 Å². The fourth-order valence-corrected chi connectivity index (χ4v) is 5.50. The molecule has 2 aliphatic carbocycles. The van der Waals surface area contributed by atoms with E-state index in [0.29, 0.717) is 44.7 Å². The number of hydrogen-bond acceptors (Lipinski definition) is 6. The molecule has 1 heterocycles. The van der Waals surface area contributed by atoms with Crippen LogP contribution in [0.2, 0.25) is 0 Å². The summed E-state index contributed by atoms with van der Waals surface area (Å²) in [5.41, 5.74) is 6.44. The van der Waals surface area contributed by atoms with E-state index in [1.165, 1.54) is 6.08 Å². The second-order valence-electron chi connectivity index (χ2n) is 10.2. The summed E-state index contributed by atoms with van der Waals surface area (Å²) in [4.78, 5) is 12.8. The molecule has 4 N–H and O–H groups in total. The van der Waals surface area contributed by atoms with E-state index in [-0.39, 0.29) is 48.2 Å². The van der Waals surface area contributed by atoms with Crippen LogP contribution in [0.4, 0.5) is 13.2 Å². The van der Waals surface area contributed by atoms with Crippen LogP contribution in [0.3, 0.4) is 0 Å². The van der Waals surface area contributed by atoms with Crippen LogP contribution in [-0.2, 0) is 9.53 Å². The van der Waals surface area contributed by atoms with Crippen LogP contribution in [0.1, 0.15) is 65.2 Å². The smallest absolute Gasteiger partial charge is 0.162 e. The first-order valence-electron chi connectivity index (χ1n) is 12.7. The summed E-state index contributed by atoms with van der Waals surface area (Å²) in [6.45, 7) is 5.13. The Kier molecular flexibility index (Phi) is 10.8. The molecule has 0 aromatic carbocycles. The Morgan fingerprint density at radius 2 is 1.88 bits per heavy atom. The van der Waals surface area contributed by atoms with Crippen molar-refractivity contribution >= 4 is 17.4 Å². The molecule has 0 amide bonds. The lowest BCUT2D eigenvalue weighted by Gasteiger charge is -2.31. The van der Waals surface area contributed by atoms with Gasteiger partial charge in [0.15, 0.2) is 5.78 Å². The number of ether oxygens (including phenoxy) is 1. The van der Waals surface area contributed by atoms with E-state index in [0.717, 1.165) is 12.8 Å². The molecular formula is C24H40ClF3N4O2. The third kappa shape index (κ3) is 8.57. The summed E-state index contributed by atoms with van der Waals surface area (Å²) in [7, 11) is 0. The van der Waals surface area contributed by atoms with Crippen molar-refractivity contribution in [3.8, 4) is 0 Å². The van der Waals surface area contributed by atoms with E-state index >= 15 is 0 Å². The predicted octanol–water partition coefficient (Wildman–Crippen LogP) is 3.81. The minimum atomic E-state index is -1.59. The number of allylic oxidation sites excluding steroid dienone is 1. The monoisotopic (exact) mass is 508 g/mol. The fraction of sp³-hybridized carbons (Fsp3) is 0.875. The fourth-order valence-electron chi connectivity index (χ4n) is 5.08. The highest BCUT2D eigenvalue weighted by molar-refractivity contribution is 6.20. The first-order valence-corrected chi connectivity index (χ1v) is 13.1. The van der Waals surface area contributed by atoms with Crippen molar-refractivity contribution in [2.24, 2.45) is 11.8 Å². The van der Waals surface area contributed by atoms with Gasteiger partial charge in [0.25, 0.3) is 0 Å². The third-order valence-corrected chi connectivity index (χ3v) is 7.29. The highest BCUT2D eigenvalue weighted by Gasteiger charge is 2.37. The molecule has 34 heavy (non-hydrogen) atoms. The lowest BCUT2D eigenvalue weighted by atomic mass is 9.82. The van der Waals surface area contributed by atoms with Crippen LogP contribution in [0.5, 0.6) is 0 Å². The van der Waals surface area contributed by atoms with E-state index in [1.54, 1.807) is 0 Å². The SMILES string of the molecule is CC(C)OCCCN/C(=C/C(=O)C1CCC(F)C(F)C1)NC1CC(C2CC(F)CC(Cl)C2)NN1. The highest BCUT2D eigenvalue weighted by Crippen LogP contribution is 2.34. The summed E-state index contributed by atoms with van der Waals surface area (Å²) in [5, 5.41) is 6.42. The molecule has 1 aliphatic heterocycles. The van der Waals surface area contributed by atoms with Crippen molar-refractivity contribution in [1.29, 1.82) is 0 Å². The van der Waals surface area contributed by atoms with Crippen LogP contribution in [0.15, 0.2) is 11.9 Å². The number of ketones is 1. The molecule has 2 saturated carbocycles. The summed E-state index contributed by atoms with van der Waals surface area (Å²) in [6, 6.07) is 0.0702.